The molecule has 0 atom stereocenters. The van der Waals surface area contributed by atoms with Gasteiger partial charge >= 0.3 is 6.09 Å². The Bertz CT molecular complexity index is 521. The number of benzene rings is 1. The van der Waals surface area contributed by atoms with Gasteiger partial charge in [-0.05, 0) is 29.5 Å². The van der Waals surface area contributed by atoms with Crippen LogP contribution in [0.4, 0.5) is 4.79 Å². The Morgan fingerprint density at radius 3 is 2.25 bits per heavy atom. The third-order valence-corrected chi connectivity index (χ3v) is 3.44. The number of carbonyl (C=O) groups is 2. The van der Waals surface area contributed by atoms with Crippen LogP contribution >= 0.6 is 0 Å². The highest BCUT2D eigenvalue weighted by atomic mass is 16.5. The van der Waals surface area contributed by atoms with Crippen LogP contribution in [0.1, 0.15) is 39.2 Å². The van der Waals surface area contributed by atoms with Crippen molar-refractivity contribution in [2.75, 3.05) is 26.8 Å². The summed E-state index contributed by atoms with van der Waals surface area (Å²) in [6.45, 7) is 7.72. The first-order valence-corrected chi connectivity index (χ1v) is 8.15. The van der Waals surface area contributed by atoms with E-state index < -0.39 is 6.09 Å². The van der Waals surface area contributed by atoms with Crippen LogP contribution in [0.3, 0.4) is 0 Å². The summed E-state index contributed by atoms with van der Waals surface area (Å²) in [5, 5.41) is 5.21. The Balaban J connectivity index is 2.15. The van der Waals surface area contributed by atoms with Gasteiger partial charge in [-0.25, -0.2) is 4.79 Å². The van der Waals surface area contributed by atoms with Crippen molar-refractivity contribution >= 4 is 12.0 Å². The first-order chi connectivity index (χ1) is 11.3. The molecular weight excluding hydrogens is 308 g/mol. The molecule has 0 saturated carbocycles. The number of rotatable bonds is 8. The van der Waals surface area contributed by atoms with Crippen LogP contribution in [0.2, 0.25) is 0 Å². The van der Waals surface area contributed by atoms with Crippen LogP contribution in [0.25, 0.3) is 0 Å². The summed E-state index contributed by atoms with van der Waals surface area (Å²) in [7, 11) is 1.30. The van der Waals surface area contributed by atoms with Crippen LogP contribution in [0, 0.1) is 0 Å². The number of alkyl carbamates (subject to hydrolysis) is 1. The number of amides is 2. The lowest BCUT2D eigenvalue weighted by Crippen LogP contribution is -2.34. The SMILES string of the molecule is COC(=O)NCCNC(=O)CCCOc1ccc(C(C)(C)C)cc1. The second-order valence-corrected chi connectivity index (χ2v) is 6.49. The van der Waals surface area contributed by atoms with Gasteiger partial charge in [0.25, 0.3) is 0 Å². The Morgan fingerprint density at radius 2 is 1.67 bits per heavy atom. The minimum atomic E-state index is -0.505. The summed E-state index contributed by atoms with van der Waals surface area (Å²) in [6.07, 6.45) is 0.519. The van der Waals surface area contributed by atoms with Crippen molar-refractivity contribution < 1.29 is 19.1 Å². The van der Waals surface area contributed by atoms with Gasteiger partial charge in [-0.2, -0.15) is 0 Å². The first-order valence-electron chi connectivity index (χ1n) is 8.15. The van der Waals surface area contributed by atoms with Gasteiger partial charge in [0.2, 0.25) is 5.91 Å². The second kappa shape index (κ2) is 9.80. The molecule has 0 aromatic heterocycles. The third kappa shape index (κ3) is 7.85. The van der Waals surface area contributed by atoms with Crippen molar-refractivity contribution in [3.8, 4) is 5.75 Å². The summed E-state index contributed by atoms with van der Waals surface area (Å²) in [5.41, 5.74) is 1.38. The number of carbonyl (C=O) groups excluding carboxylic acids is 2. The van der Waals surface area contributed by atoms with Crippen LogP contribution in [0.5, 0.6) is 5.75 Å². The molecule has 0 heterocycles. The quantitative estimate of drug-likeness (QED) is 0.716. The van der Waals surface area contributed by atoms with E-state index in [0.29, 0.717) is 32.5 Å². The molecule has 134 valence electrons. The number of ether oxygens (including phenoxy) is 2. The average Bonchev–Trinajstić information content (AvgIpc) is 2.55. The van der Waals surface area contributed by atoms with Crippen molar-refractivity contribution in [2.45, 2.75) is 39.0 Å². The number of methoxy groups -OCH3 is 1. The summed E-state index contributed by atoms with van der Waals surface area (Å²) < 4.78 is 10.1. The van der Waals surface area contributed by atoms with E-state index in [1.807, 2.05) is 12.1 Å². The predicted molar refractivity (Wildman–Crippen MR) is 93.3 cm³/mol. The highest BCUT2D eigenvalue weighted by Gasteiger charge is 2.12. The van der Waals surface area contributed by atoms with Crippen molar-refractivity contribution in [1.82, 2.24) is 10.6 Å². The lowest BCUT2D eigenvalue weighted by Gasteiger charge is -2.19. The van der Waals surface area contributed by atoms with Crippen LogP contribution in [-0.2, 0) is 14.9 Å². The van der Waals surface area contributed by atoms with Gasteiger partial charge in [-0.15, -0.1) is 0 Å². The van der Waals surface area contributed by atoms with Crippen molar-refractivity contribution in [3.05, 3.63) is 29.8 Å². The maximum Gasteiger partial charge on any atom is 0.406 e. The van der Waals surface area contributed by atoms with E-state index in [1.165, 1.54) is 12.7 Å². The topological polar surface area (TPSA) is 76.7 Å². The number of hydrogen-bond donors (Lipinski definition) is 2. The second-order valence-electron chi connectivity index (χ2n) is 6.49. The molecule has 0 unspecified atom stereocenters. The minimum absolute atomic E-state index is 0.0617. The van der Waals surface area contributed by atoms with E-state index in [1.54, 1.807) is 0 Å². The van der Waals surface area contributed by atoms with E-state index in [0.717, 1.165) is 5.75 Å². The van der Waals surface area contributed by atoms with Crippen LogP contribution in [-0.4, -0.2) is 38.8 Å². The fraction of sp³-hybridized carbons (Fsp3) is 0.556. The van der Waals surface area contributed by atoms with Crippen LogP contribution in [0.15, 0.2) is 24.3 Å². The van der Waals surface area contributed by atoms with E-state index in [4.69, 9.17) is 4.74 Å². The molecule has 0 spiro atoms. The fourth-order valence-corrected chi connectivity index (χ4v) is 2.00. The highest BCUT2D eigenvalue weighted by Crippen LogP contribution is 2.24. The zero-order chi connectivity index (χ0) is 18.0. The van der Waals surface area contributed by atoms with Gasteiger partial charge in [-0.1, -0.05) is 32.9 Å². The number of nitrogens with one attached hydrogen (secondary N) is 2. The largest absolute Gasteiger partial charge is 0.494 e. The van der Waals surface area contributed by atoms with Crippen molar-refractivity contribution in [2.24, 2.45) is 0 Å². The summed E-state index contributed by atoms with van der Waals surface area (Å²) in [6, 6.07) is 8.05. The zero-order valence-electron chi connectivity index (χ0n) is 15.0. The van der Waals surface area contributed by atoms with E-state index in [9.17, 15) is 9.59 Å². The van der Waals surface area contributed by atoms with E-state index in [2.05, 4.69) is 48.3 Å². The molecular formula is C18H28N2O4. The first kappa shape index (κ1) is 19.8. The molecule has 0 bridgehead atoms. The third-order valence-electron chi connectivity index (χ3n) is 3.44. The van der Waals surface area contributed by atoms with Crippen LogP contribution < -0.4 is 15.4 Å². The molecule has 0 aliphatic carbocycles. The minimum Gasteiger partial charge on any atom is -0.494 e. The monoisotopic (exact) mass is 336 g/mol. The Kier molecular flexibility index (Phi) is 8.09. The van der Waals surface area contributed by atoms with Gasteiger partial charge in [0, 0.05) is 19.5 Å². The average molecular weight is 336 g/mol. The molecule has 1 aromatic rings. The molecule has 2 amide bonds. The zero-order valence-corrected chi connectivity index (χ0v) is 15.0. The molecule has 0 fully saturated rings. The van der Waals surface area contributed by atoms with Gasteiger partial charge < -0.3 is 20.1 Å². The molecule has 0 saturated heterocycles. The smallest absolute Gasteiger partial charge is 0.406 e. The molecule has 6 heteroatoms. The maximum absolute atomic E-state index is 11.6. The molecule has 0 radical (unpaired) electrons. The molecule has 0 aliphatic rings. The fourth-order valence-electron chi connectivity index (χ4n) is 2.00. The van der Waals surface area contributed by atoms with Crippen molar-refractivity contribution in [1.29, 1.82) is 0 Å². The summed E-state index contributed by atoms with van der Waals surface area (Å²) >= 11 is 0. The maximum atomic E-state index is 11.6. The molecule has 1 rings (SSSR count). The normalized spacial score (nSPS) is 10.8. The van der Waals surface area contributed by atoms with Gasteiger partial charge in [0.15, 0.2) is 0 Å². The summed E-state index contributed by atoms with van der Waals surface area (Å²) in [4.78, 5) is 22.4. The Labute approximate surface area is 143 Å². The van der Waals surface area contributed by atoms with E-state index >= 15 is 0 Å². The van der Waals surface area contributed by atoms with Gasteiger partial charge in [0.1, 0.15) is 5.75 Å². The lowest BCUT2D eigenvalue weighted by atomic mass is 9.87. The molecule has 24 heavy (non-hydrogen) atoms. The predicted octanol–water partition coefficient (Wildman–Crippen LogP) is 2.62. The van der Waals surface area contributed by atoms with E-state index in [-0.39, 0.29) is 11.3 Å². The van der Waals surface area contributed by atoms with Gasteiger partial charge in [0.05, 0.1) is 13.7 Å². The van der Waals surface area contributed by atoms with Crippen molar-refractivity contribution in [3.63, 3.8) is 0 Å². The van der Waals surface area contributed by atoms with Gasteiger partial charge in [-0.3, -0.25) is 4.79 Å². The molecule has 6 nitrogen and oxygen atoms in total. The summed E-state index contributed by atoms with van der Waals surface area (Å²) in [5.74, 6) is 0.749. The molecule has 2 N–H and O–H groups in total. The Morgan fingerprint density at radius 1 is 1.04 bits per heavy atom. The number of hydrogen-bond acceptors (Lipinski definition) is 4. The standard InChI is InChI=1S/C18H28N2O4/c1-18(2,3)14-7-9-15(10-8-14)24-13-5-6-16(21)19-11-12-20-17(22)23-4/h7-10H,5-6,11-13H2,1-4H3,(H,19,21)(H,20,22). The molecule has 0 aliphatic heterocycles. The Hall–Kier alpha value is -2.24. The lowest BCUT2D eigenvalue weighted by molar-refractivity contribution is -0.121. The molecule has 1 aromatic carbocycles. The highest BCUT2D eigenvalue weighted by molar-refractivity contribution is 5.75.